The Labute approximate surface area is 150 Å². The summed E-state index contributed by atoms with van der Waals surface area (Å²) in [6, 6.07) is 7.44. The second-order valence-electron chi connectivity index (χ2n) is 7.91. The summed E-state index contributed by atoms with van der Waals surface area (Å²) in [4.78, 5) is 16.1. The summed E-state index contributed by atoms with van der Waals surface area (Å²) >= 11 is 0. The molecule has 2 saturated heterocycles. The molecule has 2 fully saturated rings. The van der Waals surface area contributed by atoms with E-state index in [0.717, 1.165) is 45.9 Å². The van der Waals surface area contributed by atoms with Crippen molar-refractivity contribution in [2.75, 3.05) is 45.9 Å². The Balaban J connectivity index is 1.61. The van der Waals surface area contributed by atoms with Gasteiger partial charge in [0.2, 0.25) is 0 Å². The van der Waals surface area contributed by atoms with Crippen molar-refractivity contribution >= 4 is 5.97 Å². The Hall–Kier alpha value is -1.43. The third kappa shape index (κ3) is 4.60. The number of rotatable bonds is 5. The molecule has 0 saturated carbocycles. The van der Waals surface area contributed by atoms with Gasteiger partial charge in [0.05, 0.1) is 18.8 Å². The van der Waals surface area contributed by atoms with E-state index in [1.807, 2.05) is 12.1 Å². The van der Waals surface area contributed by atoms with Crippen LogP contribution >= 0.6 is 0 Å². The zero-order valence-corrected chi connectivity index (χ0v) is 15.4. The molecule has 1 aromatic rings. The van der Waals surface area contributed by atoms with Gasteiger partial charge >= 0.3 is 5.97 Å². The van der Waals surface area contributed by atoms with Crippen LogP contribution < -0.4 is 0 Å². The van der Waals surface area contributed by atoms with Crippen molar-refractivity contribution < 1.29 is 14.6 Å². The second kappa shape index (κ2) is 7.85. The van der Waals surface area contributed by atoms with Crippen LogP contribution in [0.5, 0.6) is 0 Å². The lowest BCUT2D eigenvalue weighted by Gasteiger charge is -2.45. The molecule has 0 unspecified atom stereocenters. The monoisotopic (exact) mass is 346 g/mol. The van der Waals surface area contributed by atoms with Crippen LogP contribution in [0.2, 0.25) is 0 Å². The normalized spacial score (nSPS) is 23.5. The lowest BCUT2D eigenvalue weighted by Crippen LogP contribution is -2.56. The number of benzene rings is 1. The van der Waals surface area contributed by atoms with Crippen molar-refractivity contribution in [1.82, 2.24) is 9.80 Å². The van der Waals surface area contributed by atoms with Gasteiger partial charge in [0.25, 0.3) is 0 Å². The van der Waals surface area contributed by atoms with E-state index in [1.54, 1.807) is 12.1 Å². The number of ether oxygens (including phenoxy) is 1. The van der Waals surface area contributed by atoms with Gasteiger partial charge in [-0.15, -0.1) is 0 Å². The van der Waals surface area contributed by atoms with Gasteiger partial charge in [0, 0.05) is 31.7 Å². The third-order valence-electron chi connectivity index (χ3n) is 5.61. The molecule has 1 N–H and O–H groups in total. The minimum Gasteiger partial charge on any atom is -0.478 e. The van der Waals surface area contributed by atoms with Gasteiger partial charge in [-0.2, -0.15) is 0 Å². The molecule has 5 heteroatoms. The fourth-order valence-electron chi connectivity index (χ4n) is 4.18. The number of carboxylic acids is 1. The molecular weight excluding hydrogens is 316 g/mol. The number of piperidine rings is 1. The van der Waals surface area contributed by atoms with E-state index < -0.39 is 5.97 Å². The number of carbonyl (C=O) groups is 1. The molecule has 0 bridgehead atoms. The van der Waals surface area contributed by atoms with Crippen LogP contribution in [0.4, 0.5) is 0 Å². The average molecular weight is 346 g/mol. The number of carboxylic acid groups (broad SMARTS) is 1. The van der Waals surface area contributed by atoms with Gasteiger partial charge in [0.1, 0.15) is 0 Å². The van der Waals surface area contributed by atoms with E-state index in [1.165, 1.54) is 18.4 Å². The SMILES string of the molecule is CC(C)(CN1CCC[C@H](c2ccc(C(=O)O)cc2)C1)N1CCOCC1. The smallest absolute Gasteiger partial charge is 0.335 e. The van der Waals surface area contributed by atoms with Crippen molar-refractivity contribution in [3.05, 3.63) is 35.4 Å². The van der Waals surface area contributed by atoms with Crippen LogP contribution in [-0.2, 0) is 4.74 Å². The minimum absolute atomic E-state index is 0.152. The second-order valence-corrected chi connectivity index (χ2v) is 7.91. The lowest BCUT2D eigenvalue weighted by atomic mass is 9.89. The molecule has 0 aliphatic carbocycles. The molecule has 2 aliphatic rings. The largest absolute Gasteiger partial charge is 0.478 e. The minimum atomic E-state index is -0.857. The van der Waals surface area contributed by atoms with E-state index in [9.17, 15) is 4.79 Å². The summed E-state index contributed by atoms with van der Waals surface area (Å²) in [5, 5.41) is 9.06. The Morgan fingerprint density at radius 1 is 1.20 bits per heavy atom. The average Bonchev–Trinajstić information content (AvgIpc) is 2.62. The van der Waals surface area contributed by atoms with Crippen LogP contribution in [0.15, 0.2) is 24.3 Å². The molecule has 3 rings (SSSR count). The first-order valence-electron chi connectivity index (χ1n) is 9.34. The maximum Gasteiger partial charge on any atom is 0.335 e. The number of hydrogen-bond donors (Lipinski definition) is 1. The molecule has 0 aromatic heterocycles. The van der Waals surface area contributed by atoms with Gasteiger partial charge in [-0.3, -0.25) is 4.90 Å². The Kier molecular flexibility index (Phi) is 5.77. The van der Waals surface area contributed by atoms with Gasteiger partial charge in [-0.25, -0.2) is 4.79 Å². The molecule has 0 amide bonds. The highest BCUT2D eigenvalue weighted by molar-refractivity contribution is 5.87. The highest BCUT2D eigenvalue weighted by Gasteiger charge is 2.32. The molecule has 0 radical (unpaired) electrons. The van der Waals surface area contributed by atoms with E-state index in [2.05, 4.69) is 23.6 Å². The van der Waals surface area contributed by atoms with Crippen molar-refractivity contribution in [2.45, 2.75) is 38.1 Å². The zero-order valence-electron chi connectivity index (χ0n) is 15.4. The highest BCUT2D eigenvalue weighted by Crippen LogP contribution is 2.29. The number of aromatic carboxylic acids is 1. The molecule has 5 nitrogen and oxygen atoms in total. The first-order valence-corrected chi connectivity index (χ1v) is 9.34. The summed E-state index contributed by atoms with van der Waals surface area (Å²) in [6.45, 7) is 11.6. The molecule has 1 aromatic carbocycles. The number of likely N-dealkylation sites (tertiary alicyclic amines) is 1. The highest BCUT2D eigenvalue weighted by atomic mass is 16.5. The van der Waals surface area contributed by atoms with Gasteiger partial charge < -0.3 is 14.7 Å². The van der Waals surface area contributed by atoms with E-state index >= 15 is 0 Å². The lowest BCUT2D eigenvalue weighted by molar-refractivity contribution is -0.0241. The van der Waals surface area contributed by atoms with Crippen molar-refractivity contribution in [3.8, 4) is 0 Å². The standard InChI is InChI=1S/C20H30N2O3/c1-20(2,22-10-12-25-13-11-22)15-21-9-3-4-18(14-21)16-5-7-17(8-6-16)19(23)24/h5-8,18H,3-4,9-15H2,1-2H3,(H,23,24)/t18-/m0/s1. The molecular formula is C20H30N2O3. The van der Waals surface area contributed by atoms with Crippen molar-refractivity contribution in [3.63, 3.8) is 0 Å². The first kappa shape index (κ1) is 18.4. The molecule has 2 aliphatic heterocycles. The Bertz CT molecular complexity index is 579. The molecule has 1 atom stereocenters. The summed E-state index contributed by atoms with van der Waals surface area (Å²) in [6.07, 6.45) is 2.38. The van der Waals surface area contributed by atoms with Crippen LogP contribution in [0.25, 0.3) is 0 Å². The van der Waals surface area contributed by atoms with Crippen LogP contribution in [-0.4, -0.2) is 72.4 Å². The summed E-state index contributed by atoms with van der Waals surface area (Å²) in [5.41, 5.74) is 1.78. The summed E-state index contributed by atoms with van der Waals surface area (Å²) in [7, 11) is 0. The zero-order chi connectivity index (χ0) is 17.9. The quantitative estimate of drug-likeness (QED) is 0.888. The Morgan fingerprint density at radius 2 is 1.88 bits per heavy atom. The van der Waals surface area contributed by atoms with E-state index in [4.69, 9.17) is 9.84 Å². The van der Waals surface area contributed by atoms with E-state index in [0.29, 0.717) is 11.5 Å². The maximum absolute atomic E-state index is 11.0. The van der Waals surface area contributed by atoms with Crippen LogP contribution in [0, 0.1) is 0 Å². The van der Waals surface area contributed by atoms with Gasteiger partial charge in [0.15, 0.2) is 0 Å². The molecule has 25 heavy (non-hydrogen) atoms. The maximum atomic E-state index is 11.0. The van der Waals surface area contributed by atoms with Gasteiger partial charge in [-0.1, -0.05) is 12.1 Å². The fourth-order valence-corrected chi connectivity index (χ4v) is 4.18. The molecule has 138 valence electrons. The Morgan fingerprint density at radius 3 is 2.52 bits per heavy atom. The number of hydrogen-bond acceptors (Lipinski definition) is 4. The molecule has 2 heterocycles. The number of nitrogens with zero attached hydrogens (tertiary/aromatic N) is 2. The van der Waals surface area contributed by atoms with Gasteiger partial charge in [-0.05, 0) is 56.8 Å². The predicted octanol–water partition coefficient (Wildman–Crippen LogP) is 2.68. The summed E-state index contributed by atoms with van der Waals surface area (Å²) < 4.78 is 5.49. The summed E-state index contributed by atoms with van der Waals surface area (Å²) in [5.74, 6) is -0.360. The molecule has 0 spiro atoms. The van der Waals surface area contributed by atoms with Crippen LogP contribution in [0.1, 0.15) is 48.5 Å². The third-order valence-corrected chi connectivity index (χ3v) is 5.61. The first-order chi connectivity index (χ1) is 12.0. The number of morpholine rings is 1. The predicted molar refractivity (Wildman–Crippen MR) is 98.3 cm³/mol. The van der Waals surface area contributed by atoms with Crippen molar-refractivity contribution in [1.29, 1.82) is 0 Å². The van der Waals surface area contributed by atoms with E-state index in [-0.39, 0.29) is 5.54 Å². The van der Waals surface area contributed by atoms with Crippen LogP contribution in [0.3, 0.4) is 0 Å². The fraction of sp³-hybridized carbons (Fsp3) is 0.650. The van der Waals surface area contributed by atoms with Crippen molar-refractivity contribution in [2.24, 2.45) is 0 Å². The topological polar surface area (TPSA) is 53.0 Å².